The Morgan fingerprint density at radius 2 is 1.78 bits per heavy atom. The summed E-state index contributed by atoms with van der Waals surface area (Å²) in [6, 6.07) is 9.89. The number of rotatable bonds is 1. The minimum Gasteiger partial charge on any atom is -0.379 e. The van der Waals surface area contributed by atoms with E-state index in [0.717, 1.165) is 44.2 Å². The molecule has 18 heavy (non-hydrogen) atoms. The molecule has 0 aromatic heterocycles. The number of hydrogen-bond donors (Lipinski definition) is 0. The zero-order chi connectivity index (χ0) is 11.9. The van der Waals surface area contributed by atoms with E-state index >= 15 is 0 Å². The van der Waals surface area contributed by atoms with Crippen molar-refractivity contribution in [2.24, 2.45) is 0 Å². The van der Waals surface area contributed by atoms with Crippen LogP contribution >= 0.6 is 0 Å². The van der Waals surface area contributed by atoms with Crippen LogP contribution in [-0.4, -0.2) is 37.2 Å². The van der Waals surface area contributed by atoms with Crippen LogP contribution in [0.15, 0.2) is 24.3 Å². The van der Waals surface area contributed by atoms with Gasteiger partial charge in [-0.15, -0.1) is 0 Å². The van der Waals surface area contributed by atoms with Gasteiger partial charge in [0.2, 0.25) is 0 Å². The van der Waals surface area contributed by atoms with E-state index in [2.05, 4.69) is 29.2 Å². The number of fused-ring (bicyclic) bond motifs is 4. The number of ether oxygens (including phenoxy) is 1. The average molecular weight is 243 g/mol. The van der Waals surface area contributed by atoms with Crippen molar-refractivity contribution in [3.05, 3.63) is 35.4 Å². The lowest BCUT2D eigenvalue weighted by Gasteiger charge is -2.52. The summed E-state index contributed by atoms with van der Waals surface area (Å²) in [7, 11) is 0. The van der Waals surface area contributed by atoms with Gasteiger partial charge in [-0.3, -0.25) is 4.90 Å². The van der Waals surface area contributed by atoms with E-state index in [1.165, 1.54) is 19.3 Å². The van der Waals surface area contributed by atoms with Crippen LogP contribution in [0.4, 0.5) is 0 Å². The Labute approximate surface area is 109 Å². The molecule has 1 saturated heterocycles. The topological polar surface area (TPSA) is 12.5 Å². The predicted molar refractivity (Wildman–Crippen MR) is 72.0 cm³/mol. The first kappa shape index (κ1) is 11.0. The summed E-state index contributed by atoms with van der Waals surface area (Å²) in [6.45, 7) is 4.12. The van der Waals surface area contributed by atoms with Crippen molar-refractivity contribution in [3.63, 3.8) is 0 Å². The van der Waals surface area contributed by atoms with Crippen LogP contribution in [0.5, 0.6) is 0 Å². The summed E-state index contributed by atoms with van der Waals surface area (Å²) in [5.74, 6) is 1.66. The molecule has 0 amide bonds. The first-order valence-electron chi connectivity index (χ1n) is 7.36. The van der Waals surface area contributed by atoms with Gasteiger partial charge >= 0.3 is 0 Å². The maximum absolute atomic E-state index is 5.50. The van der Waals surface area contributed by atoms with Gasteiger partial charge in [0.05, 0.1) is 13.2 Å². The molecule has 3 atom stereocenters. The van der Waals surface area contributed by atoms with Gasteiger partial charge in [0, 0.05) is 25.0 Å². The SMILES string of the molecule is c1ccc2c(c1)C1CCCC(N3CCOCC3)C21. The number of morpholine rings is 1. The lowest BCUT2D eigenvalue weighted by Crippen LogP contribution is -2.51. The Kier molecular flexibility index (Phi) is 2.66. The molecule has 3 unspecified atom stereocenters. The van der Waals surface area contributed by atoms with Crippen LogP contribution in [0, 0.1) is 0 Å². The number of benzene rings is 1. The third-order valence-corrected chi connectivity index (χ3v) is 5.13. The molecule has 96 valence electrons. The van der Waals surface area contributed by atoms with Crippen molar-refractivity contribution in [3.8, 4) is 0 Å². The monoisotopic (exact) mass is 243 g/mol. The molecule has 0 N–H and O–H groups in total. The molecule has 1 aromatic carbocycles. The van der Waals surface area contributed by atoms with E-state index in [1.54, 1.807) is 11.1 Å². The zero-order valence-corrected chi connectivity index (χ0v) is 10.8. The molecule has 2 fully saturated rings. The fourth-order valence-electron chi connectivity index (χ4n) is 4.32. The first-order chi connectivity index (χ1) is 8.95. The quantitative estimate of drug-likeness (QED) is 0.752. The van der Waals surface area contributed by atoms with Crippen LogP contribution in [0.3, 0.4) is 0 Å². The van der Waals surface area contributed by atoms with E-state index in [-0.39, 0.29) is 0 Å². The van der Waals surface area contributed by atoms with Crippen molar-refractivity contribution in [2.45, 2.75) is 37.1 Å². The normalized spacial score (nSPS) is 35.4. The molecular weight excluding hydrogens is 222 g/mol. The van der Waals surface area contributed by atoms with Crippen molar-refractivity contribution < 1.29 is 4.74 Å². The number of hydrogen-bond acceptors (Lipinski definition) is 2. The Hall–Kier alpha value is -0.860. The van der Waals surface area contributed by atoms with Crippen molar-refractivity contribution in [1.82, 2.24) is 4.90 Å². The second-order valence-corrected chi connectivity index (χ2v) is 5.91. The molecule has 2 aliphatic carbocycles. The maximum Gasteiger partial charge on any atom is 0.0594 e. The fraction of sp³-hybridized carbons (Fsp3) is 0.625. The van der Waals surface area contributed by atoms with E-state index in [0.29, 0.717) is 0 Å². The molecule has 1 heterocycles. The van der Waals surface area contributed by atoms with E-state index < -0.39 is 0 Å². The predicted octanol–water partition coefficient (Wildman–Crippen LogP) is 2.75. The average Bonchev–Trinajstić information content (AvgIpc) is 2.45. The Morgan fingerprint density at radius 3 is 2.61 bits per heavy atom. The lowest BCUT2D eigenvalue weighted by molar-refractivity contribution is -0.00345. The Balaban J connectivity index is 1.62. The van der Waals surface area contributed by atoms with Gasteiger partial charge in [-0.05, 0) is 29.9 Å². The summed E-state index contributed by atoms with van der Waals surface area (Å²) < 4.78 is 5.50. The largest absolute Gasteiger partial charge is 0.379 e. The third kappa shape index (κ3) is 1.55. The van der Waals surface area contributed by atoms with Crippen LogP contribution < -0.4 is 0 Å². The van der Waals surface area contributed by atoms with Crippen molar-refractivity contribution >= 4 is 0 Å². The van der Waals surface area contributed by atoms with Crippen molar-refractivity contribution in [2.75, 3.05) is 26.3 Å². The van der Waals surface area contributed by atoms with Gasteiger partial charge in [-0.2, -0.15) is 0 Å². The standard InChI is InChI=1S/C16H21NO/c1-2-5-13-12(4-1)14-6-3-7-15(16(13)14)17-8-10-18-11-9-17/h1-2,4-5,14-16H,3,6-11H2. The zero-order valence-electron chi connectivity index (χ0n) is 10.8. The van der Waals surface area contributed by atoms with Crippen LogP contribution in [0.1, 0.15) is 42.2 Å². The van der Waals surface area contributed by atoms with Crippen LogP contribution in [-0.2, 0) is 4.74 Å². The Morgan fingerprint density at radius 1 is 1.00 bits per heavy atom. The summed E-state index contributed by atoms with van der Waals surface area (Å²) in [5.41, 5.74) is 3.28. The summed E-state index contributed by atoms with van der Waals surface area (Å²) in [5, 5.41) is 0. The summed E-state index contributed by atoms with van der Waals surface area (Å²) in [6.07, 6.45) is 4.19. The first-order valence-corrected chi connectivity index (χ1v) is 7.36. The third-order valence-electron chi connectivity index (χ3n) is 5.13. The molecule has 3 aliphatic rings. The molecule has 1 saturated carbocycles. The highest BCUT2D eigenvalue weighted by atomic mass is 16.5. The molecule has 4 rings (SSSR count). The molecular formula is C16H21NO. The molecule has 1 aliphatic heterocycles. The van der Waals surface area contributed by atoms with Gasteiger partial charge in [-0.25, -0.2) is 0 Å². The number of nitrogens with zero attached hydrogens (tertiary/aromatic N) is 1. The van der Waals surface area contributed by atoms with Crippen LogP contribution in [0.2, 0.25) is 0 Å². The fourth-order valence-corrected chi connectivity index (χ4v) is 4.32. The molecule has 1 aromatic rings. The smallest absolute Gasteiger partial charge is 0.0594 e. The molecule has 0 radical (unpaired) electrons. The highest BCUT2D eigenvalue weighted by Gasteiger charge is 2.46. The highest BCUT2D eigenvalue weighted by molar-refractivity contribution is 5.46. The van der Waals surface area contributed by atoms with Gasteiger partial charge in [0.1, 0.15) is 0 Å². The molecule has 0 spiro atoms. The minimum atomic E-state index is 0.780. The summed E-state index contributed by atoms with van der Waals surface area (Å²) in [4.78, 5) is 2.69. The van der Waals surface area contributed by atoms with Gasteiger partial charge in [0.15, 0.2) is 0 Å². The van der Waals surface area contributed by atoms with Gasteiger partial charge in [-0.1, -0.05) is 30.7 Å². The van der Waals surface area contributed by atoms with E-state index in [4.69, 9.17) is 4.74 Å². The van der Waals surface area contributed by atoms with E-state index in [9.17, 15) is 0 Å². The highest BCUT2D eigenvalue weighted by Crippen LogP contribution is 2.55. The Bertz CT molecular complexity index is 438. The summed E-state index contributed by atoms with van der Waals surface area (Å²) >= 11 is 0. The maximum atomic E-state index is 5.50. The minimum absolute atomic E-state index is 0.780. The lowest BCUT2D eigenvalue weighted by atomic mass is 9.59. The van der Waals surface area contributed by atoms with Crippen LogP contribution in [0.25, 0.3) is 0 Å². The van der Waals surface area contributed by atoms with E-state index in [1.807, 2.05) is 0 Å². The van der Waals surface area contributed by atoms with Gasteiger partial charge in [0.25, 0.3) is 0 Å². The van der Waals surface area contributed by atoms with Gasteiger partial charge < -0.3 is 4.74 Å². The second kappa shape index (κ2) is 4.36. The van der Waals surface area contributed by atoms with Crippen molar-refractivity contribution in [1.29, 1.82) is 0 Å². The second-order valence-electron chi connectivity index (χ2n) is 5.91. The molecule has 0 bridgehead atoms. The molecule has 2 heteroatoms. The molecule has 2 nitrogen and oxygen atoms in total.